The van der Waals surface area contributed by atoms with Crippen molar-refractivity contribution < 1.29 is 0 Å². The molecule has 2 aromatic rings. The minimum atomic E-state index is 0. The Bertz CT molecular complexity index is 550. The Morgan fingerprint density at radius 1 is 0.667 bits per heavy atom. The summed E-state index contributed by atoms with van der Waals surface area (Å²) in [5.41, 5.74) is 2.81. The fourth-order valence-electron chi connectivity index (χ4n) is 3.23. The second kappa shape index (κ2) is 10.5. The molecule has 2 unspecified atom stereocenters. The summed E-state index contributed by atoms with van der Waals surface area (Å²) in [6.07, 6.45) is 2.61. The van der Waals surface area contributed by atoms with E-state index in [2.05, 4.69) is 76.6 Å². The van der Waals surface area contributed by atoms with E-state index in [9.17, 15) is 0 Å². The monoisotopic (exact) mass is 345 g/mol. The Labute approximate surface area is 151 Å². The van der Waals surface area contributed by atoms with Gasteiger partial charge in [-0.05, 0) is 30.5 Å². The lowest BCUT2D eigenvalue weighted by molar-refractivity contribution is 0.430. The lowest BCUT2D eigenvalue weighted by atomic mass is 10.1. The van der Waals surface area contributed by atoms with Crippen LogP contribution in [0.1, 0.15) is 36.1 Å². The quantitative estimate of drug-likeness (QED) is 0.780. The summed E-state index contributed by atoms with van der Waals surface area (Å²) in [7, 11) is 0. The first-order chi connectivity index (χ1) is 11.4. The van der Waals surface area contributed by atoms with Gasteiger partial charge in [-0.15, -0.1) is 12.4 Å². The zero-order valence-corrected chi connectivity index (χ0v) is 14.9. The Balaban J connectivity index is 0.000000167. The van der Waals surface area contributed by atoms with E-state index in [0.717, 1.165) is 19.6 Å². The van der Waals surface area contributed by atoms with E-state index in [0.29, 0.717) is 12.1 Å². The maximum absolute atomic E-state index is 3.47. The van der Waals surface area contributed by atoms with Crippen LogP contribution in [-0.4, -0.2) is 26.2 Å². The number of nitrogens with one attached hydrogen (secondary N) is 3. The molecule has 0 radical (unpaired) electrons. The van der Waals surface area contributed by atoms with Crippen LogP contribution in [0, 0.1) is 0 Å². The average molecular weight is 346 g/mol. The highest BCUT2D eigenvalue weighted by Crippen LogP contribution is 2.21. The van der Waals surface area contributed by atoms with Gasteiger partial charge in [0.25, 0.3) is 0 Å². The van der Waals surface area contributed by atoms with Crippen LogP contribution in [0.2, 0.25) is 0 Å². The van der Waals surface area contributed by atoms with E-state index in [1.807, 2.05) is 0 Å². The summed E-state index contributed by atoms with van der Waals surface area (Å²) >= 11 is 0. The molecule has 4 rings (SSSR count). The number of benzene rings is 2. The molecule has 2 fully saturated rings. The zero-order valence-electron chi connectivity index (χ0n) is 14.1. The summed E-state index contributed by atoms with van der Waals surface area (Å²) in [4.78, 5) is 0. The predicted octanol–water partition coefficient (Wildman–Crippen LogP) is 3.45. The van der Waals surface area contributed by atoms with Crippen LogP contribution in [0.15, 0.2) is 60.7 Å². The van der Waals surface area contributed by atoms with Crippen LogP contribution in [0.5, 0.6) is 0 Å². The molecule has 0 bridgehead atoms. The van der Waals surface area contributed by atoms with E-state index in [1.54, 1.807) is 0 Å². The molecule has 2 heterocycles. The van der Waals surface area contributed by atoms with Gasteiger partial charge in [-0.1, -0.05) is 60.7 Å². The van der Waals surface area contributed by atoms with Crippen molar-refractivity contribution in [2.45, 2.75) is 24.9 Å². The highest BCUT2D eigenvalue weighted by atomic mass is 35.5. The predicted molar refractivity (Wildman–Crippen MR) is 104 cm³/mol. The molecule has 0 aliphatic carbocycles. The lowest BCUT2D eigenvalue weighted by Crippen LogP contribution is -2.42. The van der Waals surface area contributed by atoms with Crippen molar-refractivity contribution in [1.82, 2.24) is 16.0 Å². The number of rotatable bonds is 2. The van der Waals surface area contributed by atoms with Gasteiger partial charge in [0.2, 0.25) is 0 Å². The Morgan fingerprint density at radius 3 is 1.75 bits per heavy atom. The van der Waals surface area contributed by atoms with E-state index >= 15 is 0 Å². The van der Waals surface area contributed by atoms with Crippen LogP contribution in [0.4, 0.5) is 0 Å². The molecule has 4 heteroatoms. The van der Waals surface area contributed by atoms with Crippen LogP contribution in [0.25, 0.3) is 0 Å². The molecule has 130 valence electrons. The van der Waals surface area contributed by atoms with Crippen molar-refractivity contribution >= 4 is 12.4 Å². The minimum Gasteiger partial charge on any atom is -0.314 e. The van der Waals surface area contributed by atoms with Crippen molar-refractivity contribution in [2.75, 3.05) is 26.2 Å². The number of hydrogen-bond donors (Lipinski definition) is 3. The van der Waals surface area contributed by atoms with E-state index in [4.69, 9.17) is 0 Å². The topological polar surface area (TPSA) is 36.1 Å². The molecule has 2 aliphatic rings. The summed E-state index contributed by atoms with van der Waals surface area (Å²) < 4.78 is 0. The van der Waals surface area contributed by atoms with Gasteiger partial charge in [-0.3, -0.25) is 0 Å². The van der Waals surface area contributed by atoms with E-state index in [-0.39, 0.29) is 12.4 Å². The SMILES string of the molecule is Cl.c1ccc(C2CCCN2)cc1.c1ccc(C2CNCCN2)cc1. The van der Waals surface area contributed by atoms with Crippen LogP contribution in [-0.2, 0) is 0 Å². The maximum atomic E-state index is 3.47. The van der Waals surface area contributed by atoms with Gasteiger partial charge in [0, 0.05) is 31.7 Å². The van der Waals surface area contributed by atoms with E-state index < -0.39 is 0 Å². The first-order valence-electron chi connectivity index (χ1n) is 8.71. The zero-order chi connectivity index (χ0) is 15.7. The first kappa shape index (κ1) is 18.9. The molecule has 2 atom stereocenters. The smallest absolute Gasteiger partial charge is 0.0447 e. The standard InChI is InChI=1S/C10H14N2.C10H13N.ClH/c1-2-4-9(5-3-1)10-8-11-6-7-12-10;1-2-5-9(6-3-1)10-7-4-8-11-10;/h1-5,10-12H,6-8H2;1-3,5-6,10-11H,4,7-8H2;1H. The summed E-state index contributed by atoms with van der Waals surface area (Å²) in [5.74, 6) is 0. The maximum Gasteiger partial charge on any atom is 0.0447 e. The highest BCUT2D eigenvalue weighted by molar-refractivity contribution is 5.85. The molecule has 0 saturated carbocycles. The molecule has 2 saturated heterocycles. The normalized spacial score (nSPS) is 22.8. The Kier molecular flexibility index (Phi) is 8.26. The molecule has 0 aromatic heterocycles. The Hall–Kier alpha value is -1.39. The summed E-state index contributed by atoms with van der Waals surface area (Å²) in [5, 5.41) is 10.3. The van der Waals surface area contributed by atoms with E-state index in [1.165, 1.54) is 30.5 Å². The van der Waals surface area contributed by atoms with Crippen LogP contribution >= 0.6 is 12.4 Å². The largest absolute Gasteiger partial charge is 0.314 e. The van der Waals surface area contributed by atoms with Crippen molar-refractivity contribution in [3.05, 3.63) is 71.8 Å². The fraction of sp³-hybridized carbons (Fsp3) is 0.400. The molecule has 3 nitrogen and oxygen atoms in total. The summed E-state index contributed by atoms with van der Waals surface area (Å²) in [6.45, 7) is 4.38. The molecule has 2 aliphatic heterocycles. The highest BCUT2D eigenvalue weighted by Gasteiger charge is 2.14. The fourth-order valence-corrected chi connectivity index (χ4v) is 3.23. The average Bonchev–Trinajstić information content (AvgIpc) is 3.19. The molecule has 2 aromatic carbocycles. The molecule has 24 heavy (non-hydrogen) atoms. The third kappa shape index (κ3) is 5.60. The second-order valence-corrected chi connectivity index (χ2v) is 6.18. The van der Waals surface area contributed by atoms with Crippen molar-refractivity contribution in [1.29, 1.82) is 0 Å². The Morgan fingerprint density at radius 2 is 1.25 bits per heavy atom. The molecule has 0 spiro atoms. The number of piperazine rings is 1. The molecule has 3 N–H and O–H groups in total. The van der Waals surface area contributed by atoms with Crippen molar-refractivity contribution in [2.24, 2.45) is 0 Å². The first-order valence-corrected chi connectivity index (χ1v) is 8.71. The van der Waals surface area contributed by atoms with Crippen molar-refractivity contribution in [3.63, 3.8) is 0 Å². The van der Waals surface area contributed by atoms with Gasteiger partial charge in [0.05, 0.1) is 0 Å². The molecular formula is C20H28ClN3. The lowest BCUT2D eigenvalue weighted by Gasteiger charge is -2.24. The summed E-state index contributed by atoms with van der Waals surface area (Å²) in [6, 6.07) is 22.4. The third-order valence-corrected chi connectivity index (χ3v) is 4.51. The van der Waals surface area contributed by atoms with Gasteiger partial charge in [-0.2, -0.15) is 0 Å². The molecular weight excluding hydrogens is 318 g/mol. The van der Waals surface area contributed by atoms with Gasteiger partial charge in [0.15, 0.2) is 0 Å². The number of halogens is 1. The van der Waals surface area contributed by atoms with Crippen LogP contribution < -0.4 is 16.0 Å². The number of hydrogen-bond acceptors (Lipinski definition) is 3. The van der Waals surface area contributed by atoms with Gasteiger partial charge < -0.3 is 16.0 Å². The minimum absolute atomic E-state index is 0. The van der Waals surface area contributed by atoms with Crippen LogP contribution in [0.3, 0.4) is 0 Å². The third-order valence-electron chi connectivity index (χ3n) is 4.51. The second-order valence-electron chi connectivity index (χ2n) is 6.18. The molecule has 0 amide bonds. The van der Waals surface area contributed by atoms with Gasteiger partial charge in [-0.25, -0.2) is 0 Å². The van der Waals surface area contributed by atoms with Gasteiger partial charge in [0.1, 0.15) is 0 Å². The van der Waals surface area contributed by atoms with Crippen molar-refractivity contribution in [3.8, 4) is 0 Å². The van der Waals surface area contributed by atoms with Gasteiger partial charge >= 0.3 is 0 Å².